The van der Waals surface area contributed by atoms with Crippen LogP contribution in [0.25, 0.3) is 0 Å². The average molecular weight is 817 g/mol. The molecule has 3 saturated heterocycles. The minimum Gasteiger partial charge on any atom is -0.394 e. The van der Waals surface area contributed by atoms with E-state index in [9.17, 15) is 60.0 Å². The van der Waals surface area contributed by atoms with Gasteiger partial charge in [0.05, 0.1) is 18.8 Å². The van der Waals surface area contributed by atoms with Crippen molar-refractivity contribution in [1.82, 2.24) is 20.2 Å². The van der Waals surface area contributed by atoms with Crippen LogP contribution in [0.4, 0.5) is 0 Å². The molecule has 3 aliphatic rings. The molecule has 15 atom stereocenters. The Morgan fingerprint density at radius 2 is 1.40 bits per heavy atom. The second-order valence-corrected chi connectivity index (χ2v) is 14.9. The van der Waals surface area contributed by atoms with Crippen LogP contribution >= 0.6 is 0 Å². The molecule has 0 saturated carbocycles. The van der Waals surface area contributed by atoms with Crippen molar-refractivity contribution in [3.05, 3.63) is 45.3 Å². The summed E-state index contributed by atoms with van der Waals surface area (Å²) in [6.07, 6.45) is -7.70. The van der Waals surface area contributed by atoms with E-state index in [-0.39, 0.29) is 0 Å². The van der Waals surface area contributed by atoms with Gasteiger partial charge < -0.3 is 70.4 Å². The summed E-state index contributed by atoms with van der Waals surface area (Å²) in [7, 11) is 0. The SMILES string of the molecule is CCCCCCCCCCC/C=C/C(=O)N[C@H]1[C@H](O[C@H]2O[C@H](CO)[C@@H](O)[C@H](O)[C@H]2NC(C)=O)O[C@H](CC(O)[C@H]2O[C@@H](n3ccc(=O)[nH]c3=O)[C@H](O)[C@@H]2O)[C@H](O)[C@@H]1O. The lowest BCUT2D eigenvalue weighted by atomic mass is 9.91. The number of nitrogens with zero attached hydrogens (tertiary/aromatic N) is 1. The number of allylic oxidation sites excluding steroid dienone is 1. The molecule has 3 fully saturated rings. The van der Waals surface area contributed by atoms with E-state index in [1.165, 1.54) is 38.2 Å². The van der Waals surface area contributed by atoms with E-state index in [0.29, 0.717) is 6.42 Å². The second-order valence-electron chi connectivity index (χ2n) is 14.9. The Balaban J connectivity index is 1.48. The molecule has 11 N–H and O–H groups in total. The van der Waals surface area contributed by atoms with E-state index in [1.807, 2.05) is 4.98 Å². The maximum atomic E-state index is 13.1. The number of rotatable bonds is 20. The largest absolute Gasteiger partial charge is 0.394 e. The predicted molar refractivity (Wildman–Crippen MR) is 198 cm³/mol. The number of H-pyrrole nitrogens is 1. The van der Waals surface area contributed by atoms with Gasteiger partial charge in [-0.25, -0.2) is 4.79 Å². The number of aliphatic hydroxyl groups excluding tert-OH is 8. The number of hydrogen-bond acceptors (Lipinski definition) is 16. The third-order valence-electron chi connectivity index (χ3n) is 10.5. The van der Waals surface area contributed by atoms with Crippen LogP contribution in [0, 0.1) is 0 Å². The minimum atomic E-state index is -1.85. The molecule has 20 nitrogen and oxygen atoms in total. The van der Waals surface area contributed by atoms with Crippen molar-refractivity contribution in [2.45, 2.75) is 176 Å². The number of ether oxygens (including phenoxy) is 4. The summed E-state index contributed by atoms with van der Waals surface area (Å²) in [4.78, 5) is 51.0. The van der Waals surface area contributed by atoms with Crippen molar-refractivity contribution in [3.63, 3.8) is 0 Å². The van der Waals surface area contributed by atoms with E-state index < -0.39 is 128 Å². The molecular weight excluding hydrogens is 756 g/mol. The lowest BCUT2D eigenvalue weighted by molar-refractivity contribution is -0.346. The molecule has 0 spiro atoms. The number of amides is 2. The van der Waals surface area contributed by atoms with Crippen LogP contribution in [0.15, 0.2) is 34.0 Å². The van der Waals surface area contributed by atoms with E-state index in [2.05, 4.69) is 17.6 Å². The molecule has 0 bridgehead atoms. The number of carbonyl (C=O) groups is 2. The number of aliphatic hydroxyl groups is 8. The van der Waals surface area contributed by atoms with Crippen molar-refractivity contribution in [2.24, 2.45) is 0 Å². The Bertz CT molecular complexity index is 1560. The Morgan fingerprint density at radius 3 is 2.00 bits per heavy atom. The highest BCUT2D eigenvalue weighted by Crippen LogP contribution is 2.34. The Labute approximate surface area is 329 Å². The third kappa shape index (κ3) is 12.4. The molecule has 0 aliphatic carbocycles. The van der Waals surface area contributed by atoms with Gasteiger partial charge in [-0.15, -0.1) is 0 Å². The fourth-order valence-corrected chi connectivity index (χ4v) is 7.32. The monoisotopic (exact) mass is 816 g/mol. The van der Waals surface area contributed by atoms with Crippen molar-refractivity contribution in [1.29, 1.82) is 0 Å². The fraction of sp³-hybridized carbons (Fsp3) is 0.784. The normalized spacial score (nSPS) is 35.0. The van der Waals surface area contributed by atoms with Crippen molar-refractivity contribution < 1.29 is 69.4 Å². The number of nitrogens with one attached hydrogen (secondary N) is 3. The number of carbonyl (C=O) groups excluding carboxylic acids is 2. The van der Waals surface area contributed by atoms with Crippen LogP contribution < -0.4 is 21.9 Å². The molecule has 2 amide bonds. The van der Waals surface area contributed by atoms with E-state index in [0.717, 1.165) is 49.4 Å². The minimum absolute atomic E-state index is 0.597. The lowest BCUT2D eigenvalue weighted by Crippen LogP contribution is -2.68. The number of aromatic nitrogens is 2. The maximum absolute atomic E-state index is 13.1. The first kappa shape index (κ1) is 46.6. The molecule has 1 aromatic heterocycles. The summed E-state index contributed by atoms with van der Waals surface area (Å²) in [5.41, 5.74) is -1.68. The molecule has 20 heteroatoms. The summed E-state index contributed by atoms with van der Waals surface area (Å²) in [5.74, 6) is -1.35. The number of hydrogen-bond donors (Lipinski definition) is 11. The van der Waals surface area contributed by atoms with E-state index in [4.69, 9.17) is 18.9 Å². The van der Waals surface area contributed by atoms with E-state index >= 15 is 0 Å². The van der Waals surface area contributed by atoms with Crippen LogP contribution in [-0.4, -0.2) is 155 Å². The van der Waals surface area contributed by atoms with Gasteiger partial charge in [0.15, 0.2) is 18.8 Å². The van der Waals surface area contributed by atoms with E-state index in [1.54, 1.807) is 6.08 Å². The fourth-order valence-electron chi connectivity index (χ4n) is 7.32. The van der Waals surface area contributed by atoms with Gasteiger partial charge in [-0.05, 0) is 18.9 Å². The second kappa shape index (κ2) is 22.3. The van der Waals surface area contributed by atoms with Gasteiger partial charge in [0, 0.05) is 25.6 Å². The van der Waals surface area contributed by atoms with Gasteiger partial charge >= 0.3 is 5.69 Å². The maximum Gasteiger partial charge on any atom is 0.330 e. The Morgan fingerprint density at radius 1 is 0.825 bits per heavy atom. The summed E-state index contributed by atoms with van der Waals surface area (Å²) in [6, 6.07) is -2.01. The van der Waals surface area contributed by atoms with Crippen LogP contribution in [0.2, 0.25) is 0 Å². The van der Waals surface area contributed by atoms with Gasteiger partial charge in [0.2, 0.25) is 11.8 Å². The van der Waals surface area contributed by atoms with Gasteiger partial charge in [-0.3, -0.25) is 23.9 Å². The van der Waals surface area contributed by atoms with Crippen LogP contribution in [0.3, 0.4) is 0 Å². The topological polar surface area (TPSA) is 312 Å². The summed E-state index contributed by atoms with van der Waals surface area (Å²) in [5, 5.41) is 91.3. The standard InChI is InChI=1S/C37H60N4O16/c1-3-4-5-6-7-8-9-10-11-12-13-14-23(45)39-26-30(50)27(47)21(54-36(26)57-35-25(38-19(2)43)29(49)28(48)22(18-42)55-35)17-20(44)33-31(51)32(52)34(56-33)41-16-15-24(46)40-37(41)53/h13-16,20-22,25-36,42,44,47-52H,3-12,17-18H2,1-2H3,(H,38,43)(H,39,45)(H,40,46,53)/b14-13+/t20?,21-,22-,25-,26-,27+,28-,29-,30-,31+,32-,33-,34-,35-,36+/m1/s1. The molecule has 4 heterocycles. The van der Waals surface area contributed by atoms with Crippen molar-refractivity contribution in [2.75, 3.05) is 6.61 Å². The number of unbranched alkanes of at least 4 members (excludes halogenated alkanes) is 9. The molecular formula is C37H60N4O16. The van der Waals surface area contributed by atoms with Gasteiger partial charge in [0.25, 0.3) is 5.56 Å². The zero-order chi connectivity index (χ0) is 41.8. The lowest BCUT2D eigenvalue weighted by Gasteiger charge is -2.47. The van der Waals surface area contributed by atoms with Crippen LogP contribution in [0.5, 0.6) is 0 Å². The predicted octanol–water partition coefficient (Wildman–Crippen LogP) is -2.72. The molecule has 57 heavy (non-hydrogen) atoms. The molecule has 1 unspecified atom stereocenters. The third-order valence-corrected chi connectivity index (χ3v) is 10.5. The summed E-state index contributed by atoms with van der Waals surface area (Å²) < 4.78 is 24.1. The van der Waals surface area contributed by atoms with Crippen molar-refractivity contribution >= 4 is 11.8 Å². The van der Waals surface area contributed by atoms with Crippen molar-refractivity contribution in [3.8, 4) is 0 Å². The molecule has 1 aromatic rings. The van der Waals surface area contributed by atoms with Crippen LogP contribution in [-0.2, 0) is 28.5 Å². The molecule has 4 rings (SSSR count). The van der Waals surface area contributed by atoms with Gasteiger partial charge in [-0.2, -0.15) is 0 Å². The highest BCUT2D eigenvalue weighted by molar-refractivity contribution is 5.87. The van der Waals surface area contributed by atoms with Crippen LogP contribution in [0.1, 0.15) is 90.7 Å². The van der Waals surface area contributed by atoms with Gasteiger partial charge in [-0.1, -0.05) is 64.4 Å². The smallest absolute Gasteiger partial charge is 0.330 e. The first-order valence-corrected chi connectivity index (χ1v) is 19.7. The highest BCUT2D eigenvalue weighted by atomic mass is 16.8. The zero-order valence-electron chi connectivity index (χ0n) is 32.2. The number of aromatic amines is 1. The molecule has 3 aliphatic heterocycles. The Hall–Kier alpha value is -3.12. The first-order chi connectivity index (χ1) is 27.2. The Kier molecular flexibility index (Phi) is 18.2. The quantitative estimate of drug-likeness (QED) is 0.0470. The molecule has 0 aromatic carbocycles. The first-order valence-electron chi connectivity index (χ1n) is 19.7. The zero-order valence-corrected chi connectivity index (χ0v) is 32.2. The molecule has 324 valence electrons. The molecule has 0 radical (unpaired) electrons. The summed E-state index contributed by atoms with van der Waals surface area (Å²) in [6.45, 7) is 2.52. The summed E-state index contributed by atoms with van der Waals surface area (Å²) >= 11 is 0. The highest BCUT2D eigenvalue weighted by Gasteiger charge is 2.53. The van der Waals surface area contributed by atoms with Gasteiger partial charge in [0.1, 0.15) is 60.9 Å². The average Bonchev–Trinajstić information content (AvgIpc) is 3.46.